The predicted molar refractivity (Wildman–Crippen MR) is 244 cm³/mol. The maximum absolute atomic E-state index is 13.1. The van der Waals surface area contributed by atoms with Crippen LogP contribution in [0.4, 0.5) is 16.2 Å². The highest BCUT2D eigenvalue weighted by atomic mass is 16.6. The Bertz CT molecular complexity index is 2500. The van der Waals surface area contributed by atoms with Gasteiger partial charge in [0.1, 0.15) is 11.9 Å². The molecule has 5 aromatic carbocycles. The zero-order valence-corrected chi connectivity index (χ0v) is 35.1. The number of piperidine rings is 1. The van der Waals surface area contributed by atoms with Gasteiger partial charge < -0.3 is 35.3 Å². The van der Waals surface area contributed by atoms with Crippen molar-refractivity contribution in [1.82, 2.24) is 20.5 Å². The minimum absolute atomic E-state index is 0.0167. The quantitative estimate of drug-likeness (QED) is 0.0605. The number of carbonyl (C=O) groups is 3. The summed E-state index contributed by atoms with van der Waals surface area (Å²) in [6.07, 6.45) is 3.03. The molecule has 7 rings (SSSR count). The van der Waals surface area contributed by atoms with Crippen molar-refractivity contribution < 1.29 is 24.2 Å². The number of aromatic amines is 1. The van der Waals surface area contributed by atoms with Gasteiger partial charge in [0.2, 0.25) is 17.4 Å². The number of hydrogen-bond donors (Lipinski definition) is 5. The molecule has 5 N–H and O–H groups in total. The normalized spacial score (nSPS) is 13.1. The Morgan fingerprint density at radius 1 is 0.790 bits per heavy atom. The van der Waals surface area contributed by atoms with Crippen molar-refractivity contribution in [3.05, 3.63) is 160 Å². The van der Waals surface area contributed by atoms with Crippen LogP contribution in [0.25, 0.3) is 22.0 Å². The van der Waals surface area contributed by atoms with E-state index < -0.39 is 6.09 Å². The highest BCUT2D eigenvalue weighted by molar-refractivity contribution is 5.93. The van der Waals surface area contributed by atoms with Crippen molar-refractivity contribution >= 4 is 40.2 Å². The Morgan fingerprint density at radius 3 is 2.26 bits per heavy atom. The standard InChI is InChI=1S/C50H54N6O6/c1-55(48(60)27-32-56-30-25-41(26-31-56)62-50(61)53-44-10-6-5-9-42(44)38-7-3-2-4-8-38)40-18-15-37(16-19-40)34-52-47(59)33-36-13-11-35(12-14-36)23-28-51-29-24-39-17-21-45(57)49-43(39)20-22-46(58)54-49/h2-22,41,51,57H,23-34H2,1H3,(H,52,59)(H,53,61)(H,54,58). The number of para-hydroxylation sites is 1. The zero-order chi connectivity index (χ0) is 43.3. The zero-order valence-electron chi connectivity index (χ0n) is 35.1. The van der Waals surface area contributed by atoms with Crippen molar-refractivity contribution in [1.29, 1.82) is 0 Å². The molecule has 6 aromatic rings. The van der Waals surface area contributed by atoms with Crippen LogP contribution in [0.1, 0.15) is 41.5 Å². The van der Waals surface area contributed by atoms with Gasteiger partial charge in [0.15, 0.2) is 0 Å². The topological polar surface area (TPSA) is 156 Å². The molecule has 62 heavy (non-hydrogen) atoms. The molecule has 0 spiro atoms. The summed E-state index contributed by atoms with van der Waals surface area (Å²) in [6, 6.07) is 40.1. The molecule has 0 bridgehead atoms. The maximum atomic E-state index is 13.1. The van der Waals surface area contributed by atoms with Gasteiger partial charge in [-0.1, -0.05) is 91.0 Å². The summed E-state index contributed by atoms with van der Waals surface area (Å²) in [4.78, 5) is 57.0. The first-order valence-electron chi connectivity index (χ1n) is 21.3. The molecule has 0 unspecified atom stereocenters. The summed E-state index contributed by atoms with van der Waals surface area (Å²) in [6.45, 7) is 4.06. The molecule has 2 heterocycles. The summed E-state index contributed by atoms with van der Waals surface area (Å²) < 4.78 is 5.78. The van der Waals surface area contributed by atoms with Crippen LogP contribution in [-0.4, -0.2) is 78.8 Å². The average Bonchev–Trinajstić information content (AvgIpc) is 3.29. The van der Waals surface area contributed by atoms with E-state index in [1.807, 2.05) is 97.1 Å². The van der Waals surface area contributed by atoms with Crippen LogP contribution in [0.3, 0.4) is 0 Å². The number of pyridine rings is 1. The number of hydrogen-bond acceptors (Lipinski definition) is 8. The summed E-state index contributed by atoms with van der Waals surface area (Å²) >= 11 is 0. The molecule has 1 fully saturated rings. The van der Waals surface area contributed by atoms with Gasteiger partial charge in [-0.3, -0.25) is 19.7 Å². The maximum Gasteiger partial charge on any atom is 0.411 e. The second-order valence-corrected chi connectivity index (χ2v) is 15.7. The molecular formula is C50H54N6O6. The Hall–Kier alpha value is -6.76. The fourth-order valence-corrected chi connectivity index (χ4v) is 7.77. The van der Waals surface area contributed by atoms with Crippen molar-refractivity contribution in [3.63, 3.8) is 0 Å². The van der Waals surface area contributed by atoms with E-state index in [2.05, 4.69) is 38.0 Å². The van der Waals surface area contributed by atoms with E-state index in [-0.39, 0.29) is 35.6 Å². The van der Waals surface area contributed by atoms with Gasteiger partial charge in [-0.25, -0.2) is 4.79 Å². The minimum atomic E-state index is -0.461. The number of fused-ring (bicyclic) bond motifs is 1. The number of aromatic hydroxyl groups is 1. The SMILES string of the molecule is CN(C(=O)CCN1CCC(OC(=O)Nc2ccccc2-c2ccccc2)CC1)c1ccc(CNC(=O)Cc2ccc(CCNCCc3ccc(O)c4[nH]c(=O)ccc34)cc2)cc1. The van der Waals surface area contributed by atoms with Crippen LogP contribution in [0.15, 0.2) is 132 Å². The fraction of sp³-hybridized carbons (Fsp3) is 0.280. The number of aromatic nitrogens is 1. The lowest BCUT2D eigenvalue weighted by atomic mass is 10.0. The molecule has 0 atom stereocenters. The number of phenolic OH excluding ortho intramolecular Hbond substituents is 1. The van der Waals surface area contributed by atoms with Gasteiger partial charge in [0.05, 0.1) is 17.6 Å². The second kappa shape index (κ2) is 21.2. The van der Waals surface area contributed by atoms with E-state index in [1.165, 1.54) is 11.6 Å². The Morgan fingerprint density at radius 2 is 1.48 bits per heavy atom. The van der Waals surface area contributed by atoms with Crippen LogP contribution in [-0.2, 0) is 40.1 Å². The van der Waals surface area contributed by atoms with E-state index in [9.17, 15) is 24.3 Å². The average molecular weight is 835 g/mol. The fourth-order valence-electron chi connectivity index (χ4n) is 7.77. The third-order valence-electron chi connectivity index (χ3n) is 11.4. The number of benzene rings is 5. The van der Waals surface area contributed by atoms with Gasteiger partial charge in [-0.2, -0.15) is 0 Å². The molecule has 12 nitrogen and oxygen atoms in total. The third-order valence-corrected chi connectivity index (χ3v) is 11.4. The molecule has 0 radical (unpaired) electrons. The highest BCUT2D eigenvalue weighted by Crippen LogP contribution is 2.28. The van der Waals surface area contributed by atoms with Crippen LogP contribution in [0.2, 0.25) is 0 Å². The van der Waals surface area contributed by atoms with Crippen LogP contribution >= 0.6 is 0 Å². The first-order chi connectivity index (χ1) is 30.2. The molecule has 1 aliphatic heterocycles. The number of H-pyrrole nitrogens is 1. The number of nitrogens with zero attached hydrogens (tertiary/aromatic N) is 2. The number of phenols is 1. The molecule has 1 aromatic heterocycles. The number of carbonyl (C=O) groups excluding carboxylic acids is 3. The molecule has 1 saturated heterocycles. The molecule has 0 saturated carbocycles. The van der Waals surface area contributed by atoms with Gasteiger partial charge in [0, 0.05) is 62.4 Å². The number of likely N-dealkylation sites (tertiary alicyclic amines) is 1. The van der Waals surface area contributed by atoms with E-state index in [4.69, 9.17) is 4.74 Å². The number of nitrogens with one attached hydrogen (secondary N) is 4. The minimum Gasteiger partial charge on any atom is -0.506 e. The Kier molecular flexibility index (Phi) is 14.8. The summed E-state index contributed by atoms with van der Waals surface area (Å²) in [7, 11) is 1.78. The Balaban J connectivity index is 0.759. The van der Waals surface area contributed by atoms with Crippen LogP contribution in [0, 0.1) is 0 Å². The van der Waals surface area contributed by atoms with Crippen molar-refractivity contribution in [2.45, 2.75) is 51.2 Å². The van der Waals surface area contributed by atoms with E-state index in [1.54, 1.807) is 24.1 Å². The second-order valence-electron chi connectivity index (χ2n) is 15.7. The molecule has 3 amide bonds. The smallest absolute Gasteiger partial charge is 0.411 e. The molecular weight excluding hydrogens is 781 g/mol. The van der Waals surface area contributed by atoms with Gasteiger partial charge in [-0.15, -0.1) is 0 Å². The monoisotopic (exact) mass is 834 g/mol. The molecule has 320 valence electrons. The van der Waals surface area contributed by atoms with E-state index >= 15 is 0 Å². The molecule has 0 aliphatic carbocycles. The Labute approximate surface area is 361 Å². The van der Waals surface area contributed by atoms with Gasteiger partial charge in [-0.05, 0) is 96.9 Å². The summed E-state index contributed by atoms with van der Waals surface area (Å²) in [5, 5.41) is 20.3. The van der Waals surface area contributed by atoms with Crippen LogP contribution < -0.4 is 26.4 Å². The number of ether oxygens (including phenoxy) is 1. The first kappa shape index (κ1) is 43.3. The number of amides is 3. The van der Waals surface area contributed by atoms with Gasteiger partial charge >= 0.3 is 6.09 Å². The van der Waals surface area contributed by atoms with Crippen molar-refractivity contribution in [3.8, 4) is 16.9 Å². The van der Waals surface area contributed by atoms with Crippen LogP contribution in [0.5, 0.6) is 5.75 Å². The number of anilines is 2. The molecule has 1 aliphatic rings. The van der Waals surface area contributed by atoms with Crippen molar-refractivity contribution in [2.24, 2.45) is 0 Å². The lowest BCUT2D eigenvalue weighted by Gasteiger charge is -2.31. The first-order valence-corrected chi connectivity index (χ1v) is 21.3. The largest absolute Gasteiger partial charge is 0.506 e. The lowest BCUT2D eigenvalue weighted by Crippen LogP contribution is -2.40. The predicted octanol–water partition coefficient (Wildman–Crippen LogP) is 7.20. The molecule has 12 heteroatoms. The van der Waals surface area contributed by atoms with E-state index in [0.717, 1.165) is 77.9 Å². The summed E-state index contributed by atoms with van der Waals surface area (Å²) in [5.74, 6) is 0.0178. The third kappa shape index (κ3) is 12.0. The highest BCUT2D eigenvalue weighted by Gasteiger charge is 2.24. The van der Waals surface area contributed by atoms with Crippen molar-refractivity contribution in [2.75, 3.05) is 50.0 Å². The van der Waals surface area contributed by atoms with E-state index in [0.29, 0.717) is 43.6 Å². The summed E-state index contributed by atoms with van der Waals surface area (Å²) in [5.41, 5.74) is 7.78. The lowest BCUT2D eigenvalue weighted by molar-refractivity contribution is -0.120. The van der Waals surface area contributed by atoms with Gasteiger partial charge in [0.25, 0.3) is 0 Å². The number of rotatable bonds is 17.